The second kappa shape index (κ2) is 8.67. The minimum absolute atomic E-state index is 0.189. The highest BCUT2D eigenvalue weighted by atomic mass is 16.5. The van der Waals surface area contributed by atoms with Crippen LogP contribution in [0.15, 0.2) is 42.6 Å². The lowest BCUT2D eigenvalue weighted by atomic mass is 10.1. The van der Waals surface area contributed by atoms with Crippen molar-refractivity contribution in [2.24, 2.45) is 0 Å². The number of ether oxygens (including phenoxy) is 1. The van der Waals surface area contributed by atoms with Gasteiger partial charge in [-0.2, -0.15) is 0 Å². The van der Waals surface area contributed by atoms with E-state index in [4.69, 9.17) is 4.74 Å². The van der Waals surface area contributed by atoms with Gasteiger partial charge in [-0.25, -0.2) is 9.78 Å². The molecule has 138 valence electrons. The van der Waals surface area contributed by atoms with Gasteiger partial charge in [0, 0.05) is 12.1 Å². The van der Waals surface area contributed by atoms with Gasteiger partial charge in [-0.15, -0.1) is 0 Å². The van der Waals surface area contributed by atoms with Crippen molar-refractivity contribution in [3.05, 3.63) is 48.2 Å². The summed E-state index contributed by atoms with van der Waals surface area (Å²) in [6, 6.07) is 11.5. The SMILES string of the molecule is CCc1cccc(Oc2ccc(NC(=O)NC3CCN(C)CC3)cn2)c1. The van der Waals surface area contributed by atoms with Gasteiger partial charge in [0.1, 0.15) is 5.75 Å². The number of hydrogen-bond acceptors (Lipinski definition) is 4. The zero-order valence-electron chi connectivity index (χ0n) is 15.4. The smallest absolute Gasteiger partial charge is 0.319 e. The standard InChI is InChI=1S/C20H26N4O2/c1-3-15-5-4-6-18(13-15)26-19-8-7-17(14-21-19)23-20(25)22-16-9-11-24(2)12-10-16/h4-8,13-14,16H,3,9-12H2,1-2H3,(H2,22,23,25). The van der Waals surface area contributed by atoms with Gasteiger partial charge >= 0.3 is 6.03 Å². The third kappa shape index (κ3) is 5.20. The molecule has 0 saturated carbocycles. The van der Waals surface area contributed by atoms with Crippen LogP contribution in [0.4, 0.5) is 10.5 Å². The van der Waals surface area contributed by atoms with Crippen molar-refractivity contribution in [1.29, 1.82) is 0 Å². The summed E-state index contributed by atoms with van der Waals surface area (Å²) in [4.78, 5) is 18.7. The van der Waals surface area contributed by atoms with Gasteiger partial charge in [0.15, 0.2) is 0 Å². The average molecular weight is 354 g/mol. The number of carbonyl (C=O) groups excluding carboxylic acids is 1. The third-order valence-electron chi connectivity index (χ3n) is 4.58. The lowest BCUT2D eigenvalue weighted by molar-refractivity contribution is 0.221. The molecule has 0 spiro atoms. The van der Waals surface area contributed by atoms with E-state index in [9.17, 15) is 4.79 Å². The molecule has 1 saturated heterocycles. The van der Waals surface area contributed by atoms with Crippen LogP contribution in [0.3, 0.4) is 0 Å². The van der Waals surface area contributed by atoms with E-state index >= 15 is 0 Å². The van der Waals surface area contributed by atoms with Crippen LogP contribution in [0.1, 0.15) is 25.3 Å². The van der Waals surface area contributed by atoms with E-state index < -0.39 is 0 Å². The summed E-state index contributed by atoms with van der Waals surface area (Å²) in [5.41, 5.74) is 1.86. The summed E-state index contributed by atoms with van der Waals surface area (Å²) in [7, 11) is 2.10. The monoisotopic (exact) mass is 354 g/mol. The van der Waals surface area contributed by atoms with Crippen molar-refractivity contribution in [3.8, 4) is 11.6 Å². The van der Waals surface area contributed by atoms with Crippen LogP contribution in [-0.2, 0) is 6.42 Å². The maximum atomic E-state index is 12.1. The lowest BCUT2D eigenvalue weighted by Crippen LogP contribution is -2.44. The van der Waals surface area contributed by atoms with E-state index in [0.717, 1.165) is 38.1 Å². The Hall–Kier alpha value is -2.60. The summed E-state index contributed by atoms with van der Waals surface area (Å²) >= 11 is 0. The van der Waals surface area contributed by atoms with E-state index in [1.54, 1.807) is 18.3 Å². The molecule has 2 amide bonds. The zero-order valence-corrected chi connectivity index (χ0v) is 15.4. The number of aryl methyl sites for hydroxylation is 1. The van der Waals surface area contributed by atoms with Crippen molar-refractivity contribution in [2.75, 3.05) is 25.5 Å². The van der Waals surface area contributed by atoms with E-state index in [2.05, 4.69) is 40.6 Å². The topological polar surface area (TPSA) is 66.5 Å². The first-order valence-electron chi connectivity index (χ1n) is 9.11. The van der Waals surface area contributed by atoms with Crippen LogP contribution in [0.5, 0.6) is 11.6 Å². The first-order valence-corrected chi connectivity index (χ1v) is 9.11. The van der Waals surface area contributed by atoms with E-state index in [1.807, 2.05) is 18.2 Å². The molecule has 0 aliphatic carbocycles. The molecular formula is C20H26N4O2. The van der Waals surface area contributed by atoms with Gasteiger partial charge in [0.05, 0.1) is 11.9 Å². The molecule has 1 aliphatic heterocycles. The Labute approximate surface area is 154 Å². The molecule has 1 fully saturated rings. The number of amides is 2. The Morgan fingerprint density at radius 3 is 2.77 bits per heavy atom. The predicted molar refractivity (Wildman–Crippen MR) is 103 cm³/mol. The van der Waals surface area contributed by atoms with Gasteiger partial charge in [-0.1, -0.05) is 19.1 Å². The van der Waals surface area contributed by atoms with Crippen LogP contribution in [0, 0.1) is 0 Å². The van der Waals surface area contributed by atoms with Gasteiger partial charge in [-0.3, -0.25) is 0 Å². The maximum Gasteiger partial charge on any atom is 0.319 e. The summed E-state index contributed by atoms with van der Waals surface area (Å²) in [6.45, 7) is 4.13. The normalized spacial score (nSPS) is 15.5. The number of benzene rings is 1. The van der Waals surface area contributed by atoms with E-state index in [0.29, 0.717) is 11.6 Å². The summed E-state index contributed by atoms with van der Waals surface area (Å²) in [6.07, 6.45) is 4.52. The predicted octanol–water partition coefficient (Wildman–Crippen LogP) is 3.65. The number of pyridine rings is 1. The van der Waals surface area contributed by atoms with Crippen molar-refractivity contribution >= 4 is 11.7 Å². The number of aromatic nitrogens is 1. The van der Waals surface area contributed by atoms with Gasteiger partial charge < -0.3 is 20.3 Å². The van der Waals surface area contributed by atoms with E-state index in [-0.39, 0.29) is 12.1 Å². The molecule has 26 heavy (non-hydrogen) atoms. The molecule has 0 atom stereocenters. The number of carbonyl (C=O) groups is 1. The number of likely N-dealkylation sites (tertiary alicyclic amines) is 1. The Bertz CT molecular complexity index is 725. The first-order chi connectivity index (χ1) is 12.6. The molecule has 6 heteroatoms. The molecule has 2 aromatic rings. The largest absolute Gasteiger partial charge is 0.439 e. The molecule has 3 rings (SSSR count). The quantitative estimate of drug-likeness (QED) is 0.860. The second-order valence-electron chi connectivity index (χ2n) is 6.66. The first kappa shape index (κ1) is 18.2. The minimum Gasteiger partial charge on any atom is -0.439 e. The van der Waals surface area contributed by atoms with Crippen LogP contribution in [-0.4, -0.2) is 42.1 Å². The van der Waals surface area contributed by atoms with Crippen molar-refractivity contribution in [2.45, 2.75) is 32.2 Å². The number of urea groups is 1. The van der Waals surface area contributed by atoms with Crippen LogP contribution < -0.4 is 15.4 Å². The molecule has 0 radical (unpaired) electrons. The van der Waals surface area contributed by atoms with Crippen molar-refractivity contribution in [1.82, 2.24) is 15.2 Å². The Morgan fingerprint density at radius 1 is 1.27 bits per heavy atom. The number of piperidine rings is 1. The Balaban J connectivity index is 1.51. The summed E-state index contributed by atoms with van der Waals surface area (Å²) in [5, 5.41) is 5.85. The fraction of sp³-hybridized carbons (Fsp3) is 0.400. The number of nitrogens with zero attached hydrogens (tertiary/aromatic N) is 2. The molecule has 0 bridgehead atoms. The van der Waals surface area contributed by atoms with E-state index in [1.165, 1.54) is 5.56 Å². The average Bonchev–Trinajstić information content (AvgIpc) is 2.65. The van der Waals surface area contributed by atoms with Crippen molar-refractivity contribution in [3.63, 3.8) is 0 Å². The van der Waals surface area contributed by atoms with Gasteiger partial charge in [0.25, 0.3) is 0 Å². The van der Waals surface area contributed by atoms with Gasteiger partial charge in [-0.05, 0) is 63.2 Å². The Morgan fingerprint density at radius 2 is 2.08 bits per heavy atom. The minimum atomic E-state index is -0.189. The zero-order chi connectivity index (χ0) is 18.4. The van der Waals surface area contributed by atoms with Crippen LogP contribution >= 0.6 is 0 Å². The molecule has 1 aromatic carbocycles. The molecule has 1 aliphatic rings. The highest BCUT2D eigenvalue weighted by Gasteiger charge is 2.18. The third-order valence-corrected chi connectivity index (χ3v) is 4.58. The number of hydrogen-bond donors (Lipinski definition) is 2. The fourth-order valence-electron chi connectivity index (χ4n) is 2.97. The van der Waals surface area contributed by atoms with Crippen LogP contribution in [0.25, 0.3) is 0 Å². The van der Waals surface area contributed by atoms with Gasteiger partial charge in [0.2, 0.25) is 5.88 Å². The molecule has 0 unspecified atom stereocenters. The van der Waals surface area contributed by atoms with Crippen molar-refractivity contribution < 1.29 is 9.53 Å². The number of nitrogens with one attached hydrogen (secondary N) is 2. The van der Waals surface area contributed by atoms with Crippen LogP contribution in [0.2, 0.25) is 0 Å². The molecular weight excluding hydrogens is 328 g/mol. The highest BCUT2D eigenvalue weighted by Crippen LogP contribution is 2.21. The fourth-order valence-corrected chi connectivity index (χ4v) is 2.97. The molecule has 1 aromatic heterocycles. The summed E-state index contributed by atoms with van der Waals surface area (Å²) < 4.78 is 5.77. The Kier molecular flexibility index (Phi) is 6.07. The second-order valence-corrected chi connectivity index (χ2v) is 6.66. The number of anilines is 1. The molecule has 6 nitrogen and oxygen atoms in total. The number of rotatable bonds is 5. The molecule has 2 N–H and O–H groups in total. The summed E-state index contributed by atoms with van der Waals surface area (Å²) in [5.74, 6) is 1.26. The lowest BCUT2D eigenvalue weighted by Gasteiger charge is -2.29. The maximum absolute atomic E-state index is 12.1. The highest BCUT2D eigenvalue weighted by molar-refractivity contribution is 5.89. The molecule has 2 heterocycles.